The highest BCUT2D eigenvalue weighted by Gasteiger charge is 2.24. The molecule has 5 heteroatoms. The summed E-state index contributed by atoms with van der Waals surface area (Å²) < 4.78 is 0. The Kier molecular flexibility index (Phi) is 6.60. The standard InChI is InChI=1S/C22H27N3O2/c23-22(27)19-12-7-14-25(16-19)15-13-20(26)24-21(17-8-3-1-4-9-17)18-10-5-2-6-11-18/h1-6,8-11,19,21H,7,12-16H2,(H2,23,27)(H,24,26)/t19-/m0/s1. The van der Waals surface area contributed by atoms with Gasteiger partial charge >= 0.3 is 0 Å². The zero-order chi connectivity index (χ0) is 19.1. The van der Waals surface area contributed by atoms with Gasteiger partial charge in [-0.3, -0.25) is 9.59 Å². The number of benzene rings is 2. The van der Waals surface area contributed by atoms with E-state index in [4.69, 9.17) is 5.73 Å². The van der Waals surface area contributed by atoms with Crippen LogP contribution in [0.4, 0.5) is 0 Å². The normalized spacial score (nSPS) is 17.6. The van der Waals surface area contributed by atoms with Gasteiger partial charge in [-0.05, 0) is 30.5 Å². The van der Waals surface area contributed by atoms with Crippen LogP contribution in [0.2, 0.25) is 0 Å². The Bertz CT molecular complexity index is 709. The zero-order valence-electron chi connectivity index (χ0n) is 15.5. The van der Waals surface area contributed by atoms with Gasteiger partial charge < -0.3 is 16.0 Å². The number of nitrogens with zero attached hydrogens (tertiary/aromatic N) is 1. The molecule has 1 aliphatic rings. The quantitative estimate of drug-likeness (QED) is 0.791. The van der Waals surface area contributed by atoms with E-state index in [1.165, 1.54) is 0 Å². The molecule has 0 spiro atoms. The number of carbonyl (C=O) groups is 2. The smallest absolute Gasteiger partial charge is 0.222 e. The molecule has 1 saturated heterocycles. The maximum atomic E-state index is 12.6. The molecule has 5 nitrogen and oxygen atoms in total. The van der Waals surface area contributed by atoms with Crippen LogP contribution in [-0.4, -0.2) is 36.3 Å². The minimum absolute atomic E-state index is 0.00824. The number of hydrogen-bond donors (Lipinski definition) is 2. The molecule has 3 N–H and O–H groups in total. The lowest BCUT2D eigenvalue weighted by Gasteiger charge is -2.31. The molecule has 27 heavy (non-hydrogen) atoms. The maximum Gasteiger partial charge on any atom is 0.222 e. The number of hydrogen-bond acceptors (Lipinski definition) is 3. The van der Waals surface area contributed by atoms with Crippen molar-refractivity contribution in [2.75, 3.05) is 19.6 Å². The summed E-state index contributed by atoms with van der Waals surface area (Å²) in [7, 11) is 0. The lowest BCUT2D eigenvalue weighted by Crippen LogP contribution is -2.42. The van der Waals surface area contributed by atoms with Crippen LogP contribution >= 0.6 is 0 Å². The fraction of sp³-hybridized carbons (Fsp3) is 0.364. The second kappa shape index (κ2) is 9.33. The van der Waals surface area contributed by atoms with Gasteiger partial charge in [-0.2, -0.15) is 0 Å². The lowest BCUT2D eigenvalue weighted by atomic mass is 9.97. The number of nitrogens with two attached hydrogens (primary N) is 1. The van der Waals surface area contributed by atoms with Crippen LogP contribution in [0, 0.1) is 5.92 Å². The van der Waals surface area contributed by atoms with Gasteiger partial charge in [0.25, 0.3) is 0 Å². The lowest BCUT2D eigenvalue weighted by molar-refractivity contribution is -0.123. The molecule has 2 aromatic rings. The van der Waals surface area contributed by atoms with Crippen molar-refractivity contribution in [3.05, 3.63) is 71.8 Å². The monoisotopic (exact) mass is 365 g/mol. The average Bonchev–Trinajstić information content (AvgIpc) is 2.72. The number of rotatable bonds is 7. The first-order valence-electron chi connectivity index (χ1n) is 9.54. The first-order chi connectivity index (χ1) is 13.1. The van der Waals surface area contributed by atoms with Crippen molar-refractivity contribution in [3.8, 4) is 0 Å². The average molecular weight is 365 g/mol. The molecule has 0 aromatic heterocycles. The van der Waals surface area contributed by atoms with Gasteiger partial charge in [-0.25, -0.2) is 0 Å². The van der Waals surface area contributed by atoms with Crippen LogP contribution in [0.15, 0.2) is 60.7 Å². The first-order valence-corrected chi connectivity index (χ1v) is 9.54. The predicted octanol–water partition coefficient (Wildman–Crippen LogP) is 2.48. The second-order valence-electron chi connectivity index (χ2n) is 7.11. The Hall–Kier alpha value is -2.66. The molecule has 0 bridgehead atoms. The Morgan fingerprint density at radius 3 is 2.19 bits per heavy atom. The van der Waals surface area contributed by atoms with Gasteiger partial charge in [-0.1, -0.05) is 60.7 Å². The third-order valence-corrected chi connectivity index (χ3v) is 5.13. The second-order valence-corrected chi connectivity index (χ2v) is 7.11. The molecular formula is C22H27N3O2. The third-order valence-electron chi connectivity index (χ3n) is 5.13. The summed E-state index contributed by atoms with van der Waals surface area (Å²) in [5, 5.41) is 3.17. The first kappa shape index (κ1) is 19.1. The molecule has 1 aliphatic heterocycles. The fourth-order valence-electron chi connectivity index (χ4n) is 3.63. The molecular weight excluding hydrogens is 338 g/mol. The van der Waals surface area contributed by atoms with Crippen LogP contribution in [0.1, 0.15) is 36.4 Å². The Morgan fingerprint density at radius 1 is 1.04 bits per heavy atom. The third kappa shape index (κ3) is 5.41. The molecule has 1 heterocycles. The number of amides is 2. The van der Waals surface area contributed by atoms with E-state index in [-0.39, 0.29) is 23.8 Å². The molecule has 2 amide bonds. The van der Waals surface area contributed by atoms with E-state index in [1.54, 1.807) is 0 Å². The van der Waals surface area contributed by atoms with Crippen molar-refractivity contribution in [2.45, 2.75) is 25.3 Å². The largest absolute Gasteiger partial charge is 0.369 e. The van der Waals surface area contributed by atoms with Gasteiger partial charge in [0.15, 0.2) is 0 Å². The Morgan fingerprint density at radius 2 is 1.63 bits per heavy atom. The summed E-state index contributed by atoms with van der Waals surface area (Å²) in [6.07, 6.45) is 2.20. The van der Waals surface area contributed by atoms with E-state index >= 15 is 0 Å². The van der Waals surface area contributed by atoms with Gasteiger partial charge in [0.1, 0.15) is 0 Å². The van der Waals surface area contributed by atoms with Crippen molar-refractivity contribution < 1.29 is 9.59 Å². The molecule has 0 radical (unpaired) electrons. The fourth-order valence-corrected chi connectivity index (χ4v) is 3.63. The summed E-state index contributed by atoms with van der Waals surface area (Å²) in [6.45, 7) is 2.22. The van der Waals surface area contributed by atoms with Crippen LogP contribution in [0.5, 0.6) is 0 Å². The van der Waals surface area contributed by atoms with Crippen molar-refractivity contribution in [3.63, 3.8) is 0 Å². The number of carbonyl (C=O) groups excluding carboxylic acids is 2. The highest BCUT2D eigenvalue weighted by molar-refractivity contribution is 5.78. The molecule has 1 fully saturated rings. The number of piperidine rings is 1. The van der Waals surface area contributed by atoms with Crippen LogP contribution in [0.25, 0.3) is 0 Å². The van der Waals surface area contributed by atoms with Crippen LogP contribution in [0.3, 0.4) is 0 Å². The Balaban J connectivity index is 1.61. The van der Waals surface area contributed by atoms with Crippen LogP contribution in [-0.2, 0) is 9.59 Å². The molecule has 1 atom stereocenters. The molecule has 2 aromatic carbocycles. The Labute approximate surface area is 160 Å². The summed E-state index contributed by atoms with van der Waals surface area (Å²) in [6, 6.07) is 19.8. The summed E-state index contributed by atoms with van der Waals surface area (Å²) >= 11 is 0. The van der Waals surface area contributed by atoms with Crippen molar-refractivity contribution in [2.24, 2.45) is 11.7 Å². The van der Waals surface area contributed by atoms with Gasteiger partial charge in [0.05, 0.1) is 12.0 Å². The number of primary amides is 1. The summed E-state index contributed by atoms with van der Waals surface area (Å²) in [5.74, 6) is -0.325. The van der Waals surface area contributed by atoms with E-state index in [0.717, 1.165) is 30.5 Å². The molecule has 0 unspecified atom stereocenters. The van der Waals surface area contributed by atoms with Crippen molar-refractivity contribution in [1.82, 2.24) is 10.2 Å². The van der Waals surface area contributed by atoms with Crippen molar-refractivity contribution in [1.29, 1.82) is 0 Å². The molecule has 0 aliphatic carbocycles. The molecule has 0 saturated carbocycles. The van der Waals surface area contributed by atoms with E-state index in [2.05, 4.69) is 10.2 Å². The number of nitrogens with one attached hydrogen (secondary N) is 1. The van der Waals surface area contributed by atoms with E-state index in [0.29, 0.717) is 19.5 Å². The van der Waals surface area contributed by atoms with E-state index in [9.17, 15) is 9.59 Å². The van der Waals surface area contributed by atoms with Gasteiger partial charge in [0, 0.05) is 19.5 Å². The summed E-state index contributed by atoms with van der Waals surface area (Å²) in [5.41, 5.74) is 7.55. The van der Waals surface area contributed by atoms with E-state index in [1.807, 2.05) is 60.7 Å². The van der Waals surface area contributed by atoms with Crippen LogP contribution < -0.4 is 11.1 Å². The van der Waals surface area contributed by atoms with Gasteiger partial charge in [-0.15, -0.1) is 0 Å². The minimum atomic E-state index is -0.239. The van der Waals surface area contributed by atoms with E-state index < -0.39 is 0 Å². The molecule has 142 valence electrons. The van der Waals surface area contributed by atoms with Crippen molar-refractivity contribution >= 4 is 11.8 Å². The molecule has 3 rings (SSSR count). The topological polar surface area (TPSA) is 75.4 Å². The predicted molar refractivity (Wildman–Crippen MR) is 106 cm³/mol. The minimum Gasteiger partial charge on any atom is -0.369 e. The highest BCUT2D eigenvalue weighted by Crippen LogP contribution is 2.22. The maximum absolute atomic E-state index is 12.6. The number of likely N-dealkylation sites (tertiary alicyclic amines) is 1. The highest BCUT2D eigenvalue weighted by atomic mass is 16.2. The zero-order valence-corrected chi connectivity index (χ0v) is 15.5. The summed E-state index contributed by atoms with van der Waals surface area (Å²) in [4.78, 5) is 26.2. The SMILES string of the molecule is NC(=O)[C@H]1CCCN(CCC(=O)NC(c2ccccc2)c2ccccc2)C1. The van der Waals surface area contributed by atoms with Gasteiger partial charge in [0.2, 0.25) is 11.8 Å².